The van der Waals surface area contributed by atoms with Crippen LogP contribution in [0.5, 0.6) is 0 Å². The lowest BCUT2D eigenvalue weighted by atomic mass is 9.89. The molecule has 0 saturated carbocycles. The Labute approximate surface area is 116 Å². The SMILES string of the molecule is CC[C@@H]1CCCC/C=C/[C@H]1NC(=O)SC(C)(C)C. The van der Waals surface area contributed by atoms with Gasteiger partial charge in [0.05, 0.1) is 6.04 Å². The fourth-order valence-electron chi connectivity index (χ4n) is 2.32. The molecule has 0 fully saturated rings. The third-order valence-corrected chi connectivity index (χ3v) is 4.17. The Morgan fingerprint density at radius 2 is 2.11 bits per heavy atom. The summed E-state index contributed by atoms with van der Waals surface area (Å²) in [6, 6.07) is 0.220. The molecular formula is C15H27NOS. The predicted octanol–water partition coefficient (Wildman–Crippen LogP) is 4.75. The Morgan fingerprint density at radius 1 is 1.39 bits per heavy atom. The number of thioether (sulfide) groups is 1. The molecule has 1 aliphatic rings. The van der Waals surface area contributed by atoms with Crippen LogP contribution in [0.15, 0.2) is 12.2 Å². The molecule has 0 aromatic rings. The first kappa shape index (κ1) is 15.6. The van der Waals surface area contributed by atoms with Crippen molar-refractivity contribution in [3.63, 3.8) is 0 Å². The summed E-state index contributed by atoms with van der Waals surface area (Å²) >= 11 is 1.39. The maximum Gasteiger partial charge on any atom is 0.280 e. The molecule has 3 heteroatoms. The second kappa shape index (κ2) is 7.22. The molecular weight excluding hydrogens is 242 g/mol. The highest BCUT2D eigenvalue weighted by Gasteiger charge is 2.23. The van der Waals surface area contributed by atoms with Crippen LogP contribution in [-0.2, 0) is 0 Å². The van der Waals surface area contributed by atoms with Crippen LogP contribution < -0.4 is 5.32 Å². The van der Waals surface area contributed by atoms with Crippen LogP contribution in [0, 0.1) is 5.92 Å². The molecule has 0 heterocycles. The summed E-state index contributed by atoms with van der Waals surface area (Å²) in [6.07, 6.45) is 10.5. The van der Waals surface area contributed by atoms with E-state index in [1.165, 1.54) is 31.0 Å². The molecule has 1 aliphatic carbocycles. The van der Waals surface area contributed by atoms with E-state index >= 15 is 0 Å². The highest BCUT2D eigenvalue weighted by atomic mass is 32.2. The summed E-state index contributed by atoms with van der Waals surface area (Å²) in [4.78, 5) is 12.0. The first-order valence-electron chi connectivity index (χ1n) is 7.08. The molecule has 104 valence electrons. The third kappa shape index (κ3) is 5.94. The van der Waals surface area contributed by atoms with E-state index in [9.17, 15) is 4.79 Å². The minimum Gasteiger partial charge on any atom is -0.340 e. The Hall–Kier alpha value is -0.440. The first-order valence-corrected chi connectivity index (χ1v) is 7.90. The number of hydrogen-bond acceptors (Lipinski definition) is 2. The quantitative estimate of drug-likeness (QED) is 0.733. The van der Waals surface area contributed by atoms with Crippen molar-refractivity contribution < 1.29 is 4.79 Å². The van der Waals surface area contributed by atoms with Gasteiger partial charge in [0.1, 0.15) is 0 Å². The van der Waals surface area contributed by atoms with Crippen molar-refractivity contribution in [2.24, 2.45) is 5.92 Å². The summed E-state index contributed by atoms with van der Waals surface area (Å²) in [5.74, 6) is 0.589. The molecule has 1 rings (SSSR count). The van der Waals surface area contributed by atoms with Crippen LogP contribution in [-0.4, -0.2) is 16.0 Å². The number of carbonyl (C=O) groups is 1. The number of amides is 1. The van der Waals surface area contributed by atoms with Gasteiger partial charge >= 0.3 is 0 Å². The zero-order chi connectivity index (χ0) is 13.6. The summed E-state index contributed by atoms with van der Waals surface area (Å²) in [5.41, 5.74) is 0. The molecule has 0 bridgehead atoms. The molecule has 1 amide bonds. The molecule has 0 radical (unpaired) electrons. The number of rotatable bonds is 2. The maximum absolute atomic E-state index is 12.0. The van der Waals surface area contributed by atoms with E-state index < -0.39 is 0 Å². The Bertz CT molecular complexity index is 293. The van der Waals surface area contributed by atoms with Gasteiger partial charge in [-0.25, -0.2) is 0 Å². The number of nitrogens with one attached hydrogen (secondary N) is 1. The lowest BCUT2D eigenvalue weighted by Crippen LogP contribution is -2.38. The molecule has 0 spiro atoms. The Kier molecular flexibility index (Phi) is 6.27. The minimum atomic E-state index is -0.0167. The largest absolute Gasteiger partial charge is 0.340 e. The van der Waals surface area contributed by atoms with Crippen LogP contribution in [0.1, 0.15) is 59.8 Å². The average Bonchev–Trinajstić information content (AvgIpc) is 2.20. The maximum atomic E-state index is 12.0. The predicted molar refractivity (Wildman–Crippen MR) is 81.1 cm³/mol. The Morgan fingerprint density at radius 3 is 2.72 bits per heavy atom. The van der Waals surface area contributed by atoms with E-state index in [0.29, 0.717) is 5.92 Å². The second-order valence-electron chi connectivity index (χ2n) is 6.05. The van der Waals surface area contributed by atoms with Crippen molar-refractivity contribution in [1.82, 2.24) is 5.32 Å². The summed E-state index contributed by atoms with van der Waals surface area (Å²) in [7, 11) is 0. The van der Waals surface area contributed by atoms with Gasteiger partial charge in [0.25, 0.3) is 5.24 Å². The van der Waals surface area contributed by atoms with Gasteiger partial charge in [0, 0.05) is 4.75 Å². The highest BCUT2D eigenvalue weighted by molar-refractivity contribution is 8.14. The van der Waals surface area contributed by atoms with Crippen molar-refractivity contribution in [2.75, 3.05) is 0 Å². The first-order chi connectivity index (χ1) is 8.42. The van der Waals surface area contributed by atoms with E-state index in [0.717, 1.165) is 12.8 Å². The van der Waals surface area contributed by atoms with Crippen molar-refractivity contribution in [3.8, 4) is 0 Å². The molecule has 1 N–H and O–H groups in total. The fraction of sp³-hybridized carbons (Fsp3) is 0.800. The van der Waals surface area contributed by atoms with Gasteiger partial charge in [0.15, 0.2) is 0 Å². The normalized spacial score (nSPS) is 27.1. The molecule has 18 heavy (non-hydrogen) atoms. The lowest BCUT2D eigenvalue weighted by Gasteiger charge is -2.27. The third-order valence-electron chi connectivity index (χ3n) is 3.25. The number of hydrogen-bond donors (Lipinski definition) is 1. The van der Waals surface area contributed by atoms with E-state index in [1.807, 2.05) is 0 Å². The van der Waals surface area contributed by atoms with Gasteiger partial charge in [-0.05, 0) is 25.2 Å². The van der Waals surface area contributed by atoms with Gasteiger partial charge in [-0.2, -0.15) is 0 Å². The van der Waals surface area contributed by atoms with Gasteiger partial charge in [-0.15, -0.1) is 0 Å². The van der Waals surface area contributed by atoms with Crippen LogP contribution >= 0.6 is 11.8 Å². The van der Waals surface area contributed by atoms with Crippen molar-refractivity contribution >= 4 is 17.0 Å². The molecule has 0 unspecified atom stereocenters. The van der Waals surface area contributed by atoms with Crippen molar-refractivity contribution in [2.45, 2.75) is 70.6 Å². The standard InChI is InChI=1S/C15H27NOS/c1-5-12-10-8-6-7-9-11-13(12)16-14(17)18-15(2,3)4/h9,11-13H,5-8,10H2,1-4H3,(H,16,17)/b11-9+/t12-,13-/m1/s1. The summed E-state index contributed by atoms with van der Waals surface area (Å²) in [5, 5.41) is 3.29. The molecule has 2 nitrogen and oxygen atoms in total. The van der Waals surface area contributed by atoms with Gasteiger partial charge in [0.2, 0.25) is 0 Å². The topological polar surface area (TPSA) is 29.1 Å². The Balaban J connectivity index is 2.59. The van der Waals surface area contributed by atoms with Gasteiger partial charge in [-0.1, -0.05) is 64.5 Å². The van der Waals surface area contributed by atoms with E-state index in [2.05, 4.69) is 45.2 Å². The van der Waals surface area contributed by atoms with Crippen LogP contribution in [0.3, 0.4) is 0 Å². The van der Waals surface area contributed by atoms with Crippen molar-refractivity contribution in [1.29, 1.82) is 0 Å². The molecule has 0 aromatic carbocycles. The molecule has 0 aliphatic heterocycles. The smallest absolute Gasteiger partial charge is 0.280 e. The second-order valence-corrected chi connectivity index (χ2v) is 7.85. The van der Waals surface area contributed by atoms with Crippen LogP contribution in [0.2, 0.25) is 0 Å². The molecule has 2 atom stereocenters. The lowest BCUT2D eigenvalue weighted by molar-refractivity contribution is 0.253. The zero-order valence-corrected chi connectivity index (χ0v) is 13.0. The van der Waals surface area contributed by atoms with Crippen molar-refractivity contribution in [3.05, 3.63) is 12.2 Å². The average molecular weight is 269 g/mol. The molecule has 0 aromatic heterocycles. The van der Waals surface area contributed by atoms with E-state index in [-0.39, 0.29) is 16.0 Å². The monoisotopic (exact) mass is 269 g/mol. The summed E-state index contributed by atoms with van der Waals surface area (Å²) in [6.45, 7) is 8.43. The van der Waals surface area contributed by atoms with Crippen LogP contribution in [0.25, 0.3) is 0 Å². The zero-order valence-electron chi connectivity index (χ0n) is 12.2. The molecule has 0 saturated heterocycles. The van der Waals surface area contributed by atoms with E-state index in [1.54, 1.807) is 0 Å². The minimum absolute atomic E-state index is 0.0167. The highest BCUT2D eigenvalue weighted by Crippen LogP contribution is 2.26. The summed E-state index contributed by atoms with van der Waals surface area (Å²) < 4.78 is -0.0167. The number of carbonyl (C=O) groups excluding carboxylic acids is 1. The van der Waals surface area contributed by atoms with Gasteiger partial charge < -0.3 is 5.32 Å². The van der Waals surface area contributed by atoms with E-state index in [4.69, 9.17) is 0 Å². The van der Waals surface area contributed by atoms with Crippen LogP contribution in [0.4, 0.5) is 4.79 Å². The number of allylic oxidation sites excluding steroid dienone is 1. The van der Waals surface area contributed by atoms with Gasteiger partial charge in [-0.3, -0.25) is 4.79 Å². The fourth-order valence-corrected chi connectivity index (χ4v) is 3.07.